The molecule has 0 aliphatic heterocycles. The average Bonchev–Trinajstić information content (AvgIpc) is 2.36. The molecule has 0 aliphatic carbocycles. The van der Waals surface area contributed by atoms with Crippen molar-refractivity contribution in [2.75, 3.05) is 11.6 Å². The van der Waals surface area contributed by atoms with Crippen LogP contribution in [0.1, 0.15) is 25.3 Å². The summed E-state index contributed by atoms with van der Waals surface area (Å²) >= 11 is 5.55. The summed E-state index contributed by atoms with van der Waals surface area (Å²) in [6, 6.07) is 4.27. The zero-order valence-electron chi connectivity index (χ0n) is 11.0. The van der Waals surface area contributed by atoms with Crippen molar-refractivity contribution >= 4 is 21.4 Å². The van der Waals surface area contributed by atoms with Crippen LogP contribution in [0.25, 0.3) is 0 Å². The standard InChI is InChI=1S/C13H16ClF3O2S/c1-10(6-8-14)7-9-20(18,19)12-5-3-2-4-11(12)13(15,16)17/h2-5,10H,6-9H2,1H3. The Morgan fingerprint density at radius 3 is 2.35 bits per heavy atom. The molecular formula is C13H16ClF3O2S. The highest BCUT2D eigenvalue weighted by Gasteiger charge is 2.36. The number of benzene rings is 1. The lowest BCUT2D eigenvalue weighted by atomic mass is 10.1. The third kappa shape index (κ3) is 4.66. The van der Waals surface area contributed by atoms with Crippen LogP contribution in [-0.4, -0.2) is 20.1 Å². The van der Waals surface area contributed by atoms with Crippen molar-refractivity contribution in [1.29, 1.82) is 0 Å². The molecule has 0 spiro atoms. The lowest BCUT2D eigenvalue weighted by molar-refractivity contribution is -0.139. The van der Waals surface area contributed by atoms with Crippen molar-refractivity contribution in [3.05, 3.63) is 29.8 Å². The van der Waals surface area contributed by atoms with E-state index in [0.29, 0.717) is 18.7 Å². The van der Waals surface area contributed by atoms with E-state index < -0.39 is 26.5 Å². The van der Waals surface area contributed by atoms with Gasteiger partial charge < -0.3 is 0 Å². The van der Waals surface area contributed by atoms with E-state index in [1.165, 1.54) is 12.1 Å². The Morgan fingerprint density at radius 1 is 1.20 bits per heavy atom. The van der Waals surface area contributed by atoms with Gasteiger partial charge >= 0.3 is 6.18 Å². The highest BCUT2D eigenvalue weighted by molar-refractivity contribution is 7.91. The van der Waals surface area contributed by atoms with Gasteiger partial charge in [0.05, 0.1) is 16.2 Å². The SMILES string of the molecule is CC(CCCl)CCS(=O)(=O)c1ccccc1C(F)(F)F. The summed E-state index contributed by atoms with van der Waals surface area (Å²) in [5.74, 6) is 0.152. The maximum Gasteiger partial charge on any atom is 0.417 e. The smallest absolute Gasteiger partial charge is 0.224 e. The lowest BCUT2D eigenvalue weighted by Gasteiger charge is -2.14. The molecule has 0 fully saturated rings. The quantitative estimate of drug-likeness (QED) is 0.736. The Labute approximate surface area is 121 Å². The summed E-state index contributed by atoms with van der Waals surface area (Å²) in [5.41, 5.74) is -1.11. The minimum Gasteiger partial charge on any atom is -0.224 e. The number of rotatable bonds is 6. The molecule has 114 valence electrons. The molecule has 20 heavy (non-hydrogen) atoms. The predicted molar refractivity (Wildman–Crippen MR) is 72.6 cm³/mol. The minimum absolute atomic E-state index is 0.0559. The normalized spacial score (nSPS) is 14.2. The Kier molecular flexibility index (Phi) is 5.89. The molecule has 7 heteroatoms. The van der Waals surface area contributed by atoms with Crippen LogP contribution in [0.2, 0.25) is 0 Å². The van der Waals surface area contributed by atoms with Crippen LogP contribution in [0.4, 0.5) is 13.2 Å². The second kappa shape index (κ2) is 6.80. The van der Waals surface area contributed by atoms with E-state index in [2.05, 4.69) is 0 Å². The summed E-state index contributed by atoms with van der Waals surface area (Å²) < 4.78 is 62.6. The van der Waals surface area contributed by atoms with E-state index in [1.54, 1.807) is 0 Å². The lowest BCUT2D eigenvalue weighted by Crippen LogP contribution is -2.16. The minimum atomic E-state index is -4.68. The Balaban J connectivity index is 2.99. The molecule has 0 N–H and O–H groups in total. The molecule has 0 aliphatic rings. The Hall–Kier alpha value is -0.750. The molecule has 0 heterocycles. The third-order valence-corrected chi connectivity index (χ3v) is 5.03. The van der Waals surface area contributed by atoms with Gasteiger partial charge in [-0.05, 0) is 30.9 Å². The molecule has 0 saturated carbocycles. The van der Waals surface area contributed by atoms with E-state index in [4.69, 9.17) is 11.6 Å². The van der Waals surface area contributed by atoms with Crippen LogP contribution in [0, 0.1) is 5.92 Å². The van der Waals surface area contributed by atoms with Crippen molar-refractivity contribution in [2.45, 2.75) is 30.8 Å². The molecule has 1 aromatic rings. The van der Waals surface area contributed by atoms with Crippen LogP contribution in [0.15, 0.2) is 29.2 Å². The predicted octanol–water partition coefficient (Wildman–Crippen LogP) is 4.13. The molecule has 0 radical (unpaired) electrons. The first-order valence-electron chi connectivity index (χ1n) is 6.13. The maximum absolute atomic E-state index is 12.8. The van der Waals surface area contributed by atoms with E-state index in [1.807, 2.05) is 6.92 Å². The fourth-order valence-corrected chi connectivity index (χ4v) is 3.88. The zero-order chi connectivity index (χ0) is 15.4. The van der Waals surface area contributed by atoms with Gasteiger partial charge in [0.1, 0.15) is 0 Å². The first-order chi connectivity index (χ1) is 9.18. The number of alkyl halides is 4. The zero-order valence-corrected chi connectivity index (χ0v) is 12.5. The van der Waals surface area contributed by atoms with Gasteiger partial charge in [0.25, 0.3) is 0 Å². The highest BCUT2D eigenvalue weighted by Crippen LogP contribution is 2.34. The van der Waals surface area contributed by atoms with E-state index in [9.17, 15) is 21.6 Å². The van der Waals surface area contributed by atoms with Gasteiger partial charge in [-0.25, -0.2) is 8.42 Å². The van der Waals surface area contributed by atoms with E-state index in [0.717, 1.165) is 12.1 Å². The Morgan fingerprint density at radius 2 is 1.80 bits per heavy atom. The van der Waals surface area contributed by atoms with E-state index >= 15 is 0 Å². The molecule has 0 saturated heterocycles. The summed E-state index contributed by atoms with van der Waals surface area (Å²) in [7, 11) is -3.95. The maximum atomic E-state index is 12.8. The van der Waals surface area contributed by atoms with E-state index in [-0.39, 0.29) is 11.7 Å². The van der Waals surface area contributed by atoms with Gasteiger partial charge in [0.15, 0.2) is 9.84 Å². The van der Waals surface area contributed by atoms with Crippen LogP contribution < -0.4 is 0 Å². The average molecular weight is 329 g/mol. The molecule has 0 aromatic heterocycles. The van der Waals surface area contributed by atoms with Crippen molar-refractivity contribution < 1.29 is 21.6 Å². The number of hydrogen-bond acceptors (Lipinski definition) is 2. The molecular weight excluding hydrogens is 313 g/mol. The molecule has 0 bridgehead atoms. The number of sulfone groups is 1. The number of halogens is 4. The van der Waals surface area contributed by atoms with Crippen molar-refractivity contribution in [3.63, 3.8) is 0 Å². The van der Waals surface area contributed by atoms with Crippen LogP contribution in [0.3, 0.4) is 0 Å². The van der Waals surface area contributed by atoms with Gasteiger partial charge in [-0.15, -0.1) is 11.6 Å². The second-order valence-corrected chi connectivity index (χ2v) is 7.14. The summed E-state index contributed by atoms with van der Waals surface area (Å²) in [4.78, 5) is -0.648. The molecule has 1 rings (SSSR count). The fraction of sp³-hybridized carbons (Fsp3) is 0.538. The third-order valence-electron chi connectivity index (χ3n) is 3.01. The van der Waals surface area contributed by atoms with Crippen molar-refractivity contribution in [1.82, 2.24) is 0 Å². The van der Waals surface area contributed by atoms with Crippen LogP contribution in [-0.2, 0) is 16.0 Å². The first kappa shape index (κ1) is 17.3. The molecule has 0 amide bonds. The monoisotopic (exact) mass is 328 g/mol. The van der Waals surface area contributed by atoms with Crippen LogP contribution >= 0.6 is 11.6 Å². The van der Waals surface area contributed by atoms with Gasteiger partial charge in [0, 0.05) is 5.88 Å². The fourth-order valence-electron chi connectivity index (χ4n) is 1.77. The van der Waals surface area contributed by atoms with Gasteiger partial charge in [-0.3, -0.25) is 0 Å². The first-order valence-corrected chi connectivity index (χ1v) is 8.32. The van der Waals surface area contributed by atoms with Gasteiger partial charge in [0.2, 0.25) is 0 Å². The van der Waals surface area contributed by atoms with Gasteiger partial charge in [-0.2, -0.15) is 13.2 Å². The summed E-state index contributed by atoms with van der Waals surface area (Å²) in [6.07, 6.45) is -3.75. The van der Waals surface area contributed by atoms with Crippen molar-refractivity contribution in [2.24, 2.45) is 5.92 Å². The largest absolute Gasteiger partial charge is 0.417 e. The number of hydrogen-bond donors (Lipinski definition) is 0. The van der Waals surface area contributed by atoms with Gasteiger partial charge in [-0.1, -0.05) is 19.1 Å². The summed E-state index contributed by atoms with van der Waals surface area (Å²) in [5, 5.41) is 0. The molecule has 1 aromatic carbocycles. The van der Waals surface area contributed by atoms with Crippen LogP contribution in [0.5, 0.6) is 0 Å². The second-order valence-electron chi connectivity index (χ2n) is 4.68. The van der Waals surface area contributed by atoms with Crippen molar-refractivity contribution in [3.8, 4) is 0 Å². The molecule has 1 unspecified atom stereocenters. The topological polar surface area (TPSA) is 34.1 Å². The molecule has 2 nitrogen and oxygen atoms in total. The molecule has 1 atom stereocenters. The summed E-state index contributed by atoms with van der Waals surface area (Å²) in [6.45, 7) is 1.83. The Bertz CT molecular complexity index is 541. The highest BCUT2D eigenvalue weighted by atomic mass is 35.5.